The lowest BCUT2D eigenvalue weighted by Crippen LogP contribution is -2.35. The maximum Gasteiger partial charge on any atom is 0.295 e. The molecule has 1 N–H and O–H groups in total. The molecule has 1 aliphatic rings. The van der Waals surface area contributed by atoms with Gasteiger partial charge in [-0.3, -0.25) is 9.59 Å². The number of thiophene rings is 1. The van der Waals surface area contributed by atoms with Crippen molar-refractivity contribution >= 4 is 28.8 Å². The van der Waals surface area contributed by atoms with Gasteiger partial charge in [0.1, 0.15) is 11.6 Å². The van der Waals surface area contributed by atoms with Crippen LogP contribution in [0, 0.1) is 12.7 Å². The molecule has 1 fully saturated rings. The molecule has 2 heterocycles. The maximum atomic E-state index is 13.2. The second-order valence-corrected chi connectivity index (χ2v) is 7.72. The number of Topliss-reactive ketones (excluding diaryl/α,β-unsaturated/α-hetero) is 1. The number of likely N-dealkylation sites (N-methyl/N-ethyl adjacent to an activating group) is 1. The van der Waals surface area contributed by atoms with Crippen LogP contribution in [-0.4, -0.2) is 53.8 Å². The molecule has 142 valence electrons. The van der Waals surface area contributed by atoms with Gasteiger partial charge < -0.3 is 14.9 Å². The number of likely N-dealkylation sites (tertiary alicyclic amines) is 1. The molecule has 1 aromatic carbocycles. The van der Waals surface area contributed by atoms with Crippen LogP contribution in [0.2, 0.25) is 0 Å². The van der Waals surface area contributed by atoms with Gasteiger partial charge in [-0.05, 0) is 62.3 Å². The van der Waals surface area contributed by atoms with E-state index < -0.39 is 23.5 Å². The Kier molecular flexibility index (Phi) is 5.43. The van der Waals surface area contributed by atoms with E-state index in [0.29, 0.717) is 18.7 Å². The molecule has 5 nitrogen and oxygen atoms in total. The number of aryl methyl sites for hydroxylation is 1. The molecule has 2 aromatic rings. The minimum absolute atomic E-state index is 0.0518. The van der Waals surface area contributed by atoms with Crippen LogP contribution in [0.3, 0.4) is 0 Å². The van der Waals surface area contributed by atoms with Gasteiger partial charge in [-0.15, -0.1) is 11.3 Å². The molecular weight excluding hydrogens is 367 g/mol. The summed E-state index contributed by atoms with van der Waals surface area (Å²) in [7, 11) is 3.78. The van der Waals surface area contributed by atoms with Crippen molar-refractivity contribution in [3.8, 4) is 0 Å². The number of aliphatic hydroxyl groups is 1. The zero-order valence-corrected chi connectivity index (χ0v) is 16.2. The summed E-state index contributed by atoms with van der Waals surface area (Å²) in [6.45, 7) is 2.86. The number of rotatable bonds is 5. The van der Waals surface area contributed by atoms with E-state index in [0.717, 1.165) is 10.4 Å². The van der Waals surface area contributed by atoms with Crippen molar-refractivity contribution in [3.63, 3.8) is 0 Å². The summed E-state index contributed by atoms with van der Waals surface area (Å²) in [4.78, 5) is 29.7. The monoisotopic (exact) mass is 388 g/mol. The summed E-state index contributed by atoms with van der Waals surface area (Å²) < 4.78 is 13.2. The fraction of sp³-hybridized carbons (Fsp3) is 0.300. The number of ketones is 1. The van der Waals surface area contributed by atoms with Crippen molar-refractivity contribution in [2.45, 2.75) is 13.0 Å². The Bertz CT molecular complexity index is 902. The first kappa shape index (κ1) is 19.3. The van der Waals surface area contributed by atoms with E-state index in [1.54, 1.807) is 0 Å². The molecule has 0 radical (unpaired) electrons. The molecule has 1 aromatic heterocycles. The molecule has 1 amide bonds. The second kappa shape index (κ2) is 7.62. The van der Waals surface area contributed by atoms with E-state index in [2.05, 4.69) is 0 Å². The highest BCUT2D eigenvalue weighted by molar-refractivity contribution is 7.10. The average Bonchev–Trinajstić information content (AvgIpc) is 3.15. The fourth-order valence-corrected chi connectivity index (χ4v) is 4.17. The number of halogens is 1. The topological polar surface area (TPSA) is 60.9 Å². The quantitative estimate of drug-likeness (QED) is 0.486. The molecule has 1 saturated heterocycles. The van der Waals surface area contributed by atoms with E-state index in [9.17, 15) is 19.1 Å². The van der Waals surface area contributed by atoms with Gasteiger partial charge in [-0.2, -0.15) is 0 Å². The predicted molar refractivity (Wildman–Crippen MR) is 103 cm³/mol. The molecule has 1 aliphatic heterocycles. The van der Waals surface area contributed by atoms with Crippen LogP contribution in [0.15, 0.2) is 41.3 Å². The minimum Gasteiger partial charge on any atom is -0.507 e. The SMILES string of the molecule is Cc1ccsc1C1/C(=C(/O)c2ccc(F)cc2)C(=O)C(=O)N1CCN(C)C. The van der Waals surface area contributed by atoms with Gasteiger partial charge in [0, 0.05) is 23.5 Å². The lowest BCUT2D eigenvalue weighted by molar-refractivity contribution is -0.140. The van der Waals surface area contributed by atoms with Crippen molar-refractivity contribution in [2.75, 3.05) is 27.2 Å². The van der Waals surface area contributed by atoms with Crippen LogP contribution < -0.4 is 0 Å². The van der Waals surface area contributed by atoms with Gasteiger partial charge in [-0.1, -0.05) is 0 Å². The normalized spacial score (nSPS) is 19.3. The Labute approximate surface area is 161 Å². The van der Waals surface area contributed by atoms with Crippen LogP contribution in [-0.2, 0) is 9.59 Å². The van der Waals surface area contributed by atoms with Crippen LogP contribution >= 0.6 is 11.3 Å². The van der Waals surface area contributed by atoms with E-state index in [-0.39, 0.29) is 11.3 Å². The maximum absolute atomic E-state index is 13.2. The molecule has 7 heteroatoms. The highest BCUT2D eigenvalue weighted by Crippen LogP contribution is 2.42. The van der Waals surface area contributed by atoms with Crippen molar-refractivity contribution in [3.05, 3.63) is 63.1 Å². The highest BCUT2D eigenvalue weighted by Gasteiger charge is 2.46. The van der Waals surface area contributed by atoms with Gasteiger partial charge in [0.15, 0.2) is 0 Å². The second-order valence-electron chi connectivity index (χ2n) is 6.77. The Morgan fingerprint density at radius 3 is 2.44 bits per heavy atom. The van der Waals surface area contributed by atoms with E-state index in [1.807, 2.05) is 37.4 Å². The number of nitrogens with zero attached hydrogens (tertiary/aromatic N) is 2. The summed E-state index contributed by atoms with van der Waals surface area (Å²) in [6, 6.07) is 6.50. The number of amides is 1. The molecule has 0 spiro atoms. The summed E-state index contributed by atoms with van der Waals surface area (Å²) in [5.41, 5.74) is 1.31. The number of aliphatic hydroxyl groups excluding tert-OH is 1. The average molecular weight is 388 g/mol. The van der Waals surface area contributed by atoms with Crippen molar-refractivity contribution in [1.82, 2.24) is 9.80 Å². The van der Waals surface area contributed by atoms with Gasteiger partial charge in [0.05, 0.1) is 11.6 Å². The van der Waals surface area contributed by atoms with Gasteiger partial charge in [-0.25, -0.2) is 4.39 Å². The van der Waals surface area contributed by atoms with Crippen molar-refractivity contribution in [2.24, 2.45) is 0 Å². The molecule has 3 rings (SSSR count). The molecule has 27 heavy (non-hydrogen) atoms. The van der Waals surface area contributed by atoms with E-state index in [4.69, 9.17) is 0 Å². The number of hydrogen-bond acceptors (Lipinski definition) is 5. The lowest BCUT2D eigenvalue weighted by atomic mass is 9.98. The van der Waals surface area contributed by atoms with E-state index in [1.165, 1.54) is 40.5 Å². The number of carbonyl (C=O) groups excluding carboxylic acids is 2. The number of hydrogen-bond donors (Lipinski definition) is 1. The van der Waals surface area contributed by atoms with Gasteiger partial charge in [0.2, 0.25) is 0 Å². The van der Waals surface area contributed by atoms with Crippen LogP contribution in [0.25, 0.3) is 5.76 Å². The third kappa shape index (κ3) is 3.65. The third-order valence-corrected chi connectivity index (χ3v) is 5.67. The summed E-state index contributed by atoms with van der Waals surface area (Å²) in [5.74, 6) is -2.06. The number of benzene rings is 1. The fourth-order valence-electron chi connectivity index (χ4n) is 3.12. The van der Waals surface area contributed by atoms with Crippen molar-refractivity contribution in [1.29, 1.82) is 0 Å². The summed E-state index contributed by atoms with van der Waals surface area (Å²) >= 11 is 1.44. The molecular formula is C20H21FN2O3S. The third-order valence-electron chi connectivity index (χ3n) is 4.60. The van der Waals surface area contributed by atoms with E-state index >= 15 is 0 Å². The first-order valence-corrected chi connectivity index (χ1v) is 9.42. The molecule has 1 unspecified atom stereocenters. The Balaban J connectivity index is 2.13. The van der Waals surface area contributed by atoms with Gasteiger partial charge >= 0.3 is 0 Å². The molecule has 0 aliphatic carbocycles. The van der Waals surface area contributed by atoms with Crippen LogP contribution in [0.1, 0.15) is 22.0 Å². The van der Waals surface area contributed by atoms with Crippen LogP contribution in [0.5, 0.6) is 0 Å². The standard InChI is InChI=1S/C20H21FN2O3S/c1-12-8-11-27-19(12)16-15(17(24)13-4-6-14(21)7-5-13)18(25)20(26)23(16)10-9-22(2)3/h4-8,11,16,24H,9-10H2,1-3H3/b17-15-. The minimum atomic E-state index is -0.714. The molecule has 0 bridgehead atoms. The zero-order valence-electron chi connectivity index (χ0n) is 15.4. The summed E-state index contributed by atoms with van der Waals surface area (Å²) in [6.07, 6.45) is 0. The van der Waals surface area contributed by atoms with Crippen molar-refractivity contribution < 1.29 is 19.1 Å². The summed E-state index contributed by atoms with van der Waals surface area (Å²) in [5, 5.41) is 12.7. The number of carbonyl (C=O) groups is 2. The first-order valence-electron chi connectivity index (χ1n) is 8.54. The smallest absolute Gasteiger partial charge is 0.295 e. The first-order chi connectivity index (χ1) is 12.8. The Morgan fingerprint density at radius 1 is 1.22 bits per heavy atom. The Morgan fingerprint density at radius 2 is 1.89 bits per heavy atom. The highest BCUT2D eigenvalue weighted by atomic mass is 32.1. The Hall–Kier alpha value is -2.51. The van der Waals surface area contributed by atoms with Crippen LogP contribution in [0.4, 0.5) is 4.39 Å². The largest absolute Gasteiger partial charge is 0.507 e. The molecule has 1 atom stereocenters. The lowest BCUT2D eigenvalue weighted by Gasteiger charge is -2.26. The predicted octanol–water partition coefficient (Wildman–Crippen LogP) is 3.18. The molecule has 0 saturated carbocycles. The zero-order chi connectivity index (χ0) is 19.7. The van der Waals surface area contributed by atoms with Gasteiger partial charge in [0.25, 0.3) is 11.7 Å².